The van der Waals surface area contributed by atoms with Gasteiger partial charge in [0.05, 0.1) is 6.10 Å². The molecule has 3 N–H and O–H groups in total. The number of nitrogens with one attached hydrogen (secondary N) is 2. The summed E-state index contributed by atoms with van der Waals surface area (Å²) in [6, 6.07) is 15.3. The van der Waals surface area contributed by atoms with Crippen molar-refractivity contribution in [1.29, 1.82) is 0 Å². The second-order valence-electron chi connectivity index (χ2n) is 9.10. The molecule has 0 saturated carbocycles. The van der Waals surface area contributed by atoms with Gasteiger partial charge >= 0.3 is 12.1 Å². The highest BCUT2D eigenvalue weighted by Crippen LogP contribution is 2.44. The van der Waals surface area contributed by atoms with E-state index in [0.717, 1.165) is 11.1 Å². The lowest BCUT2D eigenvalue weighted by Crippen LogP contribution is -2.48. The first-order chi connectivity index (χ1) is 16.3. The zero-order chi connectivity index (χ0) is 24.2. The van der Waals surface area contributed by atoms with Gasteiger partial charge in [-0.05, 0) is 41.0 Å². The lowest BCUT2D eigenvalue weighted by Gasteiger charge is -2.20. The molecule has 2 amide bonds. The highest BCUT2D eigenvalue weighted by molar-refractivity contribution is 5.86. The van der Waals surface area contributed by atoms with Crippen LogP contribution in [0.25, 0.3) is 11.1 Å². The van der Waals surface area contributed by atoms with Gasteiger partial charge in [0.15, 0.2) is 0 Å². The van der Waals surface area contributed by atoms with E-state index in [9.17, 15) is 19.5 Å². The number of carboxylic acids is 1. The predicted molar refractivity (Wildman–Crippen MR) is 125 cm³/mol. The van der Waals surface area contributed by atoms with Gasteiger partial charge in [-0.3, -0.25) is 4.79 Å². The Hall–Kier alpha value is -3.39. The average Bonchev–Trinajstić information content (AvgIpc) is 3.42. The summed E-state index contributed by atoms with van der Waals surface area (Å²) in [6.45, 7) is 3.90. The molecule has 2 aliphatic rings. The molecule has 1 aliphatic heterocycles. The third-order valence-electron chi connectivity index (χ3n) is 6.45. The monoisotopic (exact) mass is 466 g/mol. The molecule has 3 atom stereocenters. The van der Waals surface area contributed by atoms with Crippen LogP contribution in [0.1, 0.15) is 43.7 Å². The third-order valence-corrected chi connectivity index (χ3v) is 6.45. The van der Waals surface area contributed by atoms with E-state index in [4.69, 9.17) is 9.47 Å². The molecule has 8 nitrogen and oxygen atoms in total. The Morgan fingerprint density at radius 3 is 2.24 bits per heavy atom. The average molecular weight is 467 g/mol. The minimum Gasteiger partial charge on any atom is -0.480 e. The molecular weight excluding hydrogens is 436 g/mol. The maximum atomic E-state index is 12.4. The lowest BCUT2D eigenvalue weighted by molar-refractivity contribution is -0.145. The number of amides is 2. The Bertz CT molecular complexity index is 1020. The summed E-state index contributed by atoms with van der Waals surface area (Å²) in [4.78, 5) is 36.1. The Kier molecular flexibility index (Phi) is 7.17. The van der Waals surface area contributed by atoms with Crippen molar-refractivity contribution in [2.45, 2.75) is 50.9 Å². The van der Waals surface area contributed by atoms with E-state index in [2.05, 4.69) is 34.9 Å². The molecule has 1 aliphatic carbocycles. The number of carbonyl (C=O) groups excluding carboxylic acids is 2. The number of rotatable bonds is 8. The van der Waals surface area contributed by atoms with E-state index in [1.165, 1.54) is 11.1 Å². The fraction of sp³-hybridized carbons (Fsp3) is 0.423. The van der Waals surface area contributed by atoms with Gasteiger partial charge in [-0.2, -0.15) is 0 Å². The smallest absolute Gasteiger partial charge is 0.407 e. The largest absolute Gasteiger partial charge is 0.480 e. The number of alkyl carbamates (subject to hydrolysis) is 1. The standard InChI is InChI=1S/C26H30N2O6/c1-15(2)23(25(30)31)28-24(29)22-12-11-16(34-22)13-27-26(32)33-14-21-19-9-5-3-7-17(19)18-8-4-6-10-20(18)21/h3-10,15-16,21-23H,11-14H2,1-2H3,(H,27,32)(H,28,29)(H,30,31)/t16?,22?,23-/m0/s1. The van der Waals surface area contributed by atoms with Crippen LogP contribution in [-0.4, -0.2) is 54.5 Å². The first-order valence-electron chi connectivity index (χ1n) is 11.6. The lowest BCUT2D eigenvalue weighted by atomic mass is 9.98. The van der Waals surface area contributed by atoms with Crippen molar-refractivity contribution < 1.29 is 29.0 Å². The van der Waals surface area contributed by atoms with E-state index in [1.54, 1.807) is 13.8 Å². The molecule has 34 heavy (non-hydrogen) atoms. The Morgan fingerprint density at radius 1 is 1.03 bits per heavy atom. The number of benzene rings is 2. The zero-order valence-corrected chi connectivity index (χ0v) is 19.3. The van der Waals surface area contributed by atoms with Crippen molar-refractivity contribution in [3.8, 4) is 11.1 Å². The molecule has 2 aromatic rings. The van der Waals surface area contributed by atoms with Crippen molar-refractivity contribution >= 4 is 18.0 Å². The summed E-state index contributed by atoms with van der Waals surface area (Å²) < 4.78 is 11.3. The second-order valence-corrected chi connectivity index (χ2v) is 9.10. The molecule has 1 fully saturated rings. The first-order valence-corrected chi connectivity index (χ1v) is 11.6. The first kappa shape index (κ1) is 23.8. The molecule has 1 heterocycles. The van der Waals surface area contributed by atoms with Gasteiger partial charge in [-0.25, -0.2) is 9.59 Å². The summed E-state index contributed by atoms with van der Waals surface area (Å²) >= 11 is 0. The predicted octanol–water partition coefficient (Wildman–Crippen LogP) is 3.30. The van der Waals surface area contributed by atoms with Crippen LogP contribution in [0.15, 0.2) is 48.5 Å². The minimum absolute atomic E-state index is 0.0166. The van der Waals surface area contributed by atoms with Gasteiger partial charge < -0.3 is 25.2 Å². The molecule has 180 valence electrons. The Labute approximate surface area is 198 Å². The fourth-order valence-corrected chi connectivity index (χ4v) is 4.66. The van der Waals surface area contributed by atoms with E-state index >= 15 is 0 Å². The molecule has 4 rings (SSSR count). The summed E-state index contributed by atoms with van der Waals surface area (Å²) in [7, 11) is 0. The second kappa shape index (κ2) is 10.3. The number of hydrogen-bond acceptors (Lipinski definition) is 5. The van der Waals surface area contributed by atoms with Gasteiger partial charge in [-0.15, -0.1) is 0 Å². The van der Waals surface area contributed by atoms with Crippen LogP contribution in [0, 0.1) is 5.92 Å². The quantitative estimate of drug-likeness (QED) is 0.550. The molecule has 0 aromatic heterocycles. The van der Waals surface area contributed by atoms with Crippen molar-refractivity contribution in [3.05, 3.63) is 59.7 Å². The van der Waals surface area contributed by atoms with Crippen LogP contribution in [0.2, 0.25) is 0 Å². The van der Waals surface area contributed by atoms with Crippen molar-refractivity contribution in [2.24, 2.45) is 5.92 Å². The molecule has 1 saturated heterocycles. The molecule has 2 unspecified atom stereocenters. The number of fused-ring (bicyclic) bond motifs is 3. The van der Waals surface area contributed by atoms with Crippen LogP contribution in [0.4, 0.5) is 4.79 Å². The topological polar surface area (TPSA) is 114 Å². The summed E-state index contributed by atoms with van der Waals surface area (Å²) in [5.74, 6) is -1.77. The highest BCUT2D eigenvalue weighted by atomic mass is 16.5. The van der Waals surface area contributed by atoms with Crippen LogP contribution in [0.3, 0.4) is 0 Å². The van der Waals surface area contributed by atoms with Gasteiger partial charge in [0.1, 0.15) is 18.8 Å². The Morgan fingerprint density at radius 2 is 1.65 bits per heavy atom. The Balaban J connectivity index is 1.25. The zero-order valence-electron chi connectivity index (χ0n) is 19.3. The van der Waals surface area contributed by atoms with Crippen LogP contribution in [0.5, 0.6) is 0 Å². The fourth-order valence-electron chi connectivity index (χ4n) is 4.66. The summed E-state index contributed by atoms with van der Waals surface area (Å²) in [6.07, 6.45) is -0.549. The number of carbonyl (C=O) groups is 3. The molecular formula is C26H30N2O6. The van der Waals surface area contributed by atoms with E-state index in [1.807, 2.05) is 24.3 Å². The molecule has 8 heteroatoms. The van der Waals surface area contributed by atoms with E-state index < -0.39 is 30.1 Å². The molecule has 2 aromatic carbocycles. The third kappa shape index (κ3) is 5.07. The molecule has 0 bridgehead atoms. The summed E-state index contributed by atoms with van der Waals surface area (Å²) in [5.41, 5.74) is 4.62. The number of ether oxygens (including phenoxy) is 2. The van der Waals surface area contributed by atoms with Crippen molar-refractivity contribution in [3.63, 3.8) is 0 Å². The maximum absolute atomic E-state index is 12.4. The SMILES string of the molecule is CC(C)[C@H](NC(=O)C1CCC(CNC(=O)OCC2c3ccccc3-c3ccccc32)O1)C(=O)O. The highest BCUT2D eigenvalue weighted by Gasteiger charge is 2.34. The normalized spacial score (nSPS) is 19.9. The van der Waals surface area contributed by atoms with Gasteiger partial charge in [0.25, 0.3) is 0 Å². The van der Waals surface area contributed by atoms with Crippen LogP contribution < -0.4 is 10.6 Å². The van der Waals surface area contributed by atoms with E-state index in [-0.39, 0.29) is 31.1 Å². The number of carboxylic acid groups (broad SMARTS) is 1. The molecule has 0 radical (unpaired) electrons. The summed E-state index contributed by atoms with van der Waals surface area (Å²) in [5, 5.41) is 14.5. The number of hydrogen-bond donors (Lipinski definition) is 3. The van der Waals surface area contributed by atoms with Crippen LogP contribution in [-0.2, 0) is 19.1 Å². The van der Waals surface area contributed by atoms with Gasteiger partial charge in [-0.1, -0.05) is 62.4 Å². The van der Waals surface area contributed by atoms with Gasteiger partial charge in [0, 0.05) is 12.5 Å². The van der Waals surface area contributed by atoms with Crippen molar-refractivity contribution in [2.75, 3.05) is 13.2 Å². The maximum Gasteiger partial charge on any atom is 0.407 e. The van der Waals surface area contributed by atoms with E-state index in [0.29, 0.717) is 12.8 Å². The molecule has 0 spiro atoms. The minimum atomic E-state index is -1.07. The van der Waals surface area contributed by atoms with Crippen LogP contribution >= 0.6 is 0 Å². The van der Waals surface area contributed by atoms with Crippen molar-refractivity contribution in [1.82, 2.24) is 10.6 Å². The number of aliphatic carboxylic acids is 1. The van der Waals surface area contributed by atoms with Gasteiger partial charge in [0.2, 0.25) is 5.91 Å².